The van der Waals surface area contributed by atoms with Crippen LogP contribution in [0.5, 0.6) is 0 Å². The van der Waals surface area contributed by atoms with Gasteiger partial charge in [0, 0.05) is 18.1 Å². The number of carbonyl (C=O) groups is 2. The zero-order chi connectivity index (χ0) is 10.4. The van der Waals surface area contributed by atoms with Gasteiger partial charge in [0.05, 0.1) is 13.2 Å². The summed E-state index contributed by atoms with van der Waals surface area (Å²) in [5, 5.41) is 5.59. The van der Waals surface area contributed by atoms with E-state index in [1.165, 1.54) is 7.11 Å². The van der Waals surface area contributed by atoms with Crippen LogP contribution in [-0.2, 0) is 14.3 Å². The number of nitrogens with one attached hydrogen (secondary N) is 2. The summed E-state index contributed by atoms with van der Waals surface area (Å²) in [4.78, 5) is 22.2. The van der Waals surface area contributed by atoms with Crippen LogP contribution in [0.4, 0.5) is 0 Å². The minimum atomic E-state index is -0.429. The van der Waals surface area contributed by atoms with Gasteiger partial charge in [-0.25, -0.2) is 0 Å². The number of carbonyl (C=O) groups excluding carboxylic acids is 2. The number of hydrogen-bond donors (Lipinski definition) is 2. The van der Waals surface area contributed by atoms with Crippen molar-refractivity contribution in [1.82, 2.24) is 10.6 Å². The van der Waals surface area contributed by atoms with Crippen LogP contribution in [0.25, 0.3) is 0 Å². The molecule has 0 saturated carbocycles. The zero-order valence-corrected chi connectivity index (χ0v) is 8.86. The molecule has 1 amide bonds. The van der Waals surface area contributed by atoms with Gasteiger partial charge in [-0.3, -0.25) is 9.59 Å². The standard InChI is InChI=1S/C8H14N2O3S/c1-13-7(11)4-10-8(12)6-5-14-3-2-9-6/h6,9H,2-5H2,1H3,(H,10,12)/t6-/m1/s1. The van der Waals surface area contributed by atoms with Crippen molar-refractivity contribution >= 4 is 23.6 Å². The first kappa shape index (κ1) is 11.3. The molecule has 6 heteroatoms. The quantitative estimate of drug-likeness (QED) is 0.594. The largest absolute Gasteiger partial charge is 0.468 e. The molecule has 1 heterocycles. The summed E-state index contributed by atoms with van der Waals surface area (Å²) in [6, 6.07) is -0.182. The average Bonchev–Trinajstić information content (AvgIpc) is 2.26. The van der Waals surface area contributed by atoms with Gasteiger partial charge in [-0.15, -0.1) is 0 Å². The molecule has 0 unspecified atom stereocenters. The normalized spacial score (nSPS) is 21.4. The van der Waals surface area contributed by atoms with Crippen molar-refractivity contribution in [1.29, 1.82) is 0 Å². The number of ether oxygens (including phenoxy) is 1. The highest BCUT2D eigenvalue weighted by Crippen LogP contribution is 2.07. The molecule has 5 nitrogen and oxygen atoms in total. The van der Waals surface area contributed by atoms with E-state index in [1.54, 1.807) is 11.8 Å². The molecule has 0 aromatic rings. The molecule has 0 spiro atoms. The van der Waals surface area contributed by atoms with Crippen molar-refractivity contribution in [2.75, 3.05) is 31.7 Å². The Kier molecular flexibility index (Phi) is 4.75. The predicted molar refractivity (Wildman–Crippen MR) is 54.1 cm³/mol. The molecular weight excluding hydrogens is 204 g/mol. The van der Waals surface area contributed by atoms with Gasteiger partial charge in [0.25, 0.3) is 0 Å². The molecule has 0 aromatic carbocycles. The average molecular weight is 218 g/mol. The Labute approximate surface area is 86.9 Å². The fraction of sp³-hybridized carbons (Fsp3) is 0.750. The lowest BCUT2D eigenvalue weighted by Gasteiger charge is -2.21. The first-order valence-electron chi connectivity index (χ1n) is 4.39. The molecule has 2 N–H and O–H groups in total. The van der Waals surface area contributed by atoms with E-state index in [0.29, 0.717) is 0 Å². The molecule has 0 aromatic heterocycles. The van der Waals surface area contributed by atoms with Gasteiger partial charge < -0.3 is 15.4 Å². The smallest absolute Gasteiger partial charge is 0.325 e. The maximum absolute atomic E-state index is 11.4. The van der Waals surface area contributed by atoms with Crippen molar-refractivity contribution in [3.05, 3.63) is 0 Å². The fourth-order valence-electron chi connectivity index (χ4n) is 1.09. The topological polar surface area (TPSA) is 67.4 Å². The van der Waals surface area contributed by atoms with E-state index in [9.17, 15) is 9.59 Å². The van der Waals surface area contributed by atoms with Gasteiger partial charge >= 0.3 is 5.97 Å². The fourth-order valence-corrected chi connectivity index (χ4v) is 2.02. The van der Waals surface area contributed by atoms with Gasteiger partial charge in [0.15, 0.2) is 0 Å². The Morgan fingerprint density at radius 2 is 2.43 bits per heavy atom. The van der Waals surface area contributed by atoms with Gasteiger partial charge in [0.1, 0.15) is 6.54 Å². The molecule has 1 fully saturated rings. The van der Waals surface area contributed by atoms with Gasteiger partial charge in [-0.05, 0) is 0 Å². The lowest BCUT2D eigenvalue weighted by molar-refractivity contribution is -0.141. The second-order valence-corrected chi connectivity index (χ2v) is 4.03. The second-order valence-electron chi connectivity index (χ2n) is 2.88. The molecule has 1 atom stereocenters. The number of hydrogen-bond acceptors (Lipinski definition) is 5. The summed E-state index contributed by atoms with van der Waals surface area (Å²) >= 11 is 1.73. The Balaban J connectivity index is 2.23. The van der Waals surface area contributed by atoms with Gasteiger partial charge in [-0.2, -0.15) is 11.8 Å². The summed E-state index contributed by atoms with van der Waals surface area (Å²) in [6.45, 7) is 0.777. The third-order valence-electron chi connectivity index (χ3n) is 1.87. The van der Waals surface area contributed by atoms with E-state index in [0.717, 1.165) is 18.1 Å². The molecular formula is C8H14N2O3S. The van der Waals surface area contributed by atoms with E-state index in [4.69, 9.17) is 0 Å². The highest BCUT2D eigenvalue weighted by atomic mass is 32.2. The van der Waals surface area contributed by atoms with E-state index in [-0.39, 0.29) is 18.5 Å². The lowest BCUT2D eigenvalue weighted by Crippen LogP contribution is -2.49. The number of rotatable bonds is 3. The van der Waals surface area contributed by atoms with Crippen LogP contribution < -0.4 is 10.6 Å². The highest BCUT2D eigenvalue weighted by Gasteiger charge is 2.20. The third kappa shape index (κ3) is 3.55. The Bertz CT molecular complexity index is 217. The van der Waals surface area contributed by atoms with Crippen LogP contribution >= 0.6 is 11.8 Å². The minimum absolute atomic E-state index is 0.0574. The molecule has 1 aliphatic heterocycles. The summed E-state index contributed by atoms with van der Waals surface area (Å²) in [7, 11) is 1.29. The minimum Gasteiger partial charge on any atom is -0.468 e. The maximum Gasteiger partial charge on any atom is 0.325 e. The number of methoxy groups -OCH3 is 1. The van der Waals surface area contributed by atoms with Crippen molar-refractivity contribution in [2.24, 2.45) is 0 Å². The first-order valence-corrected chi connectivity index (χ1v) is 5.55. The molecule has 80 valence electrons. The Morgan fingerprint density at radius 3 is 3.00 bits per heavy atom. The summed E-state index contributed by atoms with van der Waals surface area (Å²) in [5.41, 5.74) is 0. The van der Waals surface area contributed by atoms with Crippen LogP contribution in [-0.4, -0.2) is 49.6 Å². The maximum atomic E-state index is 11.4. The third-order valence-corrected chi connectivity index (χ3v) is 2.93. The highest BCUT2D eigenvalue weighted by molar-refractivity contribution is 7.99. The SMILES string of the molecule is COC(=O)CNC(=O)[C@H]1CSCCN1. The first-order chi connectivity index (χ1) is 6.74. The van der Waals surface area contributed by atoms with Crippen molar-refractivity contribution in [2.45, 2.75) is 6.04 Å². The summed E-state index contributed by atoms with van der Waals surface area (Å²) in [6.07, 6.45) is 0. The summed E-state index contributed by atoms with van der Waals surface area (Å²) in [5.74, 6) is 1.22. The molecule has 0 radical (unpaired) electrons. The van der Waals surface area contributed by atoms with E-state index in [1.807, 2.05) is 0 Å². The molecule has 0 bridgehead atoms. The Hall–Kier alpha value is -0.750. The molecule has 0 aliphatic carbocycles. The number of amides is 1. The predicted octanol–water partition coefficient (Wildman–Crippen LogP) is -1.02. The lowest BCUT2D eigenvalue weighted by atomic mass is 10.3. The Morgan fingerprint density at radius 1 is 1.64 bits per heavy atom. The van der Waals surface area contributed by atoms with Crippen LogP contribution in [0.15, 0.2) is 0 Å². The van der Waals surface area contributed by atoms with E-state index < -0.39 is 5.97 Å². The number of thioether (sulfide) groups is 1. The van der Waals surface area contributed by atoms with E-state index in [2.05, 4.69) is 15.4 Å². The number of esters is 1. The van der Waals surface area contributed by atoms with E-state index >= 15 is 0 Å². The second kappa shape index (κ2) is 5.87. The molecule has 1 rings (SSSR count). The molecule has 1 saturated heterocycles. The van der Waals surface area contributed by atoms with Gasteiger partial charge in [0.2, 0.25) is 5.91 Å². The summed E-state index contributed by atoms with van der Waals surface area (Å²) < 4.78 is 4.41. The van der Waals surface area contributed by atoms with Crippen LogP contribution in [0.3, 0.4) is 0 Å². The van der Waals surface area contributed by atoms with Crippen LogP contribution in [0, 0.1) is 0 Å². The van der Waals surface area contributed by atoms with Crippen molar-refractivity contribution < 1.29 is 14.3 Å². The van der Waals surface area contributed by atoms with Crippen molar-refractivity contribution in [3.63, 3.8) is 0 Å². The zero-order valence-electron chi connectivity index (χ0n) is 8.04. The molecule has 1 aliphatic rings. The van der Waals surface area contributed by atoms with Gasteiger partial charge in [-0.1, -0.05) is 0 Å². The van der Waals surface area contributed by atoms with Crippen molar-refractivity contribution in [3.8, 4) is 0 Å². The van der Waals surface area contributed by atoms with Crippen LogP contribution in [0.2, 0.25) is 0 Å². The van der Waals surface area contributed by atoms with Crippen LogP contribution in [0.1, 0.15) is 0 Å². The molecule has 14 heavy (non-hydrogen) atoms. The monoisotopic (exact) mass is 218 g/mol.